The quantitative estimate of drug-likeness (QED) is 0.169. The second kappa shape index (κ2) is 8.64. The van der Waals surface area contributed by atoms with Gasteiger partial charge in [-0.15, -0.1) is 0 Å². The van der Waals surface area contributed by atoms with Gasteiger partial charge in [-0.3, -0.25) is 4.98 Å². The molecule has 1 aliphatic heterocycles. The van der Waals surface area contributed by atoms with Crippen LogP contribution in [0.4, 0.5) is 0 Å². The Morgan fingerprint density at radius 2 is 1.23 bits per heavy atom. The predicted octanol–water partition coefficient (Wildman–Crippen LogP) is 8.80. The Morgan fingerprint density at radius 1 is 0.550 bits per heavy atom. The van der Waals surface area contributed by atoms with Gasteiger partial charge in [-0.1, -0.05) is 110 Å². The first kappa shape index (κ1) is 23.2. The second-order valence-corrected chi connectivity index (χ2v) is 15.5. The summed E-state index contributed by atoms with van der Waals surface area (Å²) < 4.78 is 6.88. The third-order valence-corrected chi connectivity index (χ3v) is 12.2. The monoisotopic (exact) mass is 529 g/mol. The number of hydrogen-bond donors (Lipinski definition) is 0. The van der Waals surface area contributed by atoms with Crippen molar-refractivity contribution in [2.24, 2.45) is 0 Å². The van der Waals surface area contributed by atoms with Crippen molar-refractivity contribution in [2.45, 2.75) is 13.1 Å². The summed E-state index contributed by atoms with van der Waals surface area (Å²) in [7, 11) is -1.72. The molecule has 0 spiro atoms. The van der Waals surface area contributed by atoms with Gasteiger partial charge in [-0.2, -0.15) is 0 Å². The molecule has 0 saturated heterocycles. The Labute approximate surface area is 234 Å². The molecule has 0 bridgehead atoms. The molecule has 2 heterocycles. The average Bonchev–Trinajstić information content (AvgIpc) is 3.23. The standard InChI is InChI=1S/C37H27NOSi/c1-40(2)34-17-8-7-13-27(34)32-22-25(18-19-35(32)40)39-37-30-15-6-5-14-29(30)36(33-23-38-21-20-31(33)37)28-16-9-11-24-10-3-4-12-26(24)28/h3-23H,1-2H3. The molecule has 1 aromatic heterocycles. The Kier molecular flexibility index (Phi) is 5.00. The summed E-state index contributed by atoms with van der Waals surface area (Å²) >= 11 is 0. The van der Waals surface area contributed by atoms with E-state index in [-0.39, 0.29) is 0 Å². The van der Waals surface area contributed by atoms with Gasteiger partial charge in [0.1, 0.15) is 19.6 Å². The summed E-state index contributed by atoms with van der Waals surface area (Å²) in [6.45, 7) is 4.89. The lowest BCUT2D eigenvalue weighted by atomic mass is 9.89. The highest BCUT2D eigenvalue weighted by molar-refractivity contribution is 7.03. The van der Waals surface area contributed by atoms with Crippen LogP contribution in [-0.2, 0) is 0 Å². The highest BCUT2D eigenvalue weighted by atomic mass is 28.3. The number of fused-ring (bicyclic) bond motifs is 6. The number of hydrogen-bond acceptors (Lipinski definition) is 2. The van der Waals surface area contributed by atoms with Gasteiger partial charge in [0.05, 0.1) is 0 Å². The molecule has 0 radical (unpaired) electrons. The minimum absolute atomic E-state index is 0.862. The molecule has 0 atom stereocenters. The van der Waals surface area contributed by atoms with Crippen LogP contribution in [0.15, 0.2) is 128 Å². The van der Waals surface area contributed by atoms with Crippen molar-refractivity contribution in [2.75, 3.05) is 0 Å². The number of nitrogens with zero attached hydrogens (tertiary/aromatic N) is 1. The Bertz CT molecular complexity index is 2070. The van der Waals surface area contributed by atoms with E-state index in [1.165, 1.54) is 43.4 Å². The SMILES string of the molecule is C[Si]1(C)c2ccccc2-c2cc(Oc3c4ccccc4c(-c4cccc5ccccc45)c4cnccc34)ccc21. The van der Waals surface area contributed by atoms with Crippen molar-refractivity contribution in [3.8, 4) is 33.8 Å². The van der Waals surface area contributed by atoms with Gasteiger partial charge in [-0.25, -0.2) is 0 Å². The fraction of sp³-hybridized carbons (Fsp3) is 0.0541. The summed E-state index contributed by atoms with van der Waals surface area (Å²) in [5.74, 6) is 1.74. The molecule has 3 heteroatoms. The minimum atomic E-state index is -1.72. The normalized spacial score (nSPS) is 13.4. The molecular weight excluding hydrogens is 502 g/mol. The van der Waals surface area contributed by atoms with Crippen molar-refractivity contribution in [3.05, 3.63) is 128 Å². The third kappa shape index (κ3) is 3.31. The van der Waals surface area contributed by atoms with E-state index in [0.717, 1.165) is 33.0 Å². The van der Waals surface area contributed by atoms with Crippen LogP contribution in [0.25, 0.3) is 54.6 Å². The van der Waals surface area contributed by atoms with E-state index in [9.17, 15) is 0 Å². The molecule has 6 aromatic carbocycles. The molecule has 8 rings (SSSR count). The van der Waals surface area contributed by atoms with Crippen molar-refractivity contribution in [1.29, 1.82) is 0 Å². The number of ether oxygens (including phenoxy) is 1. The van der Waals surface area contributed by atoms with Gasteiger partial charge in [0.2, 0.25) is 0 Å². The molecule has 2 nitrogen and oxygen atoms in total. The van der Waals surface area contributed by atoms with Crippen LogP contribution >= 0.6 is 0 Å². The van der Waals surface area contributed by atoms with E-state index in [1.54, 1.807) is 0 Å². The van der Waals surface area contributed by atoms with Crippen LogP contribution in [0.3, 0.4) is 0 Å². The molecule has 0 saturated carbocycles. The van der Waals surface area contributed by atoms with E-state index in [4.69, 9.17) is 4.74 Å². The van der Waals surface area contributed by atoms with E-state index in [1.807, 2.05) is 12.4 Å². The molecule has 40 heavy (non-hydrogen) atoms. The number of benzene rings is 6. The molecule has 0 fully saturated rings. The third-order valence-electron chi connectivity index (χ3n) is 8.61. The van der Waals surface area contributed by atoms with Crippen LogP contribution in [0.2, 0.25) is 13.1 Å². The lowest BCUT2D eigenvalue weighted by Gasteiger charge is -2.20. The molecule has 0 amide bonds. The number of rotatable bonds is 3. The molecule has 190 valence electrons. The van der Waals surface area contributed by atoms with Crippen LogP contribution in [-0.4, -0.2) is 13.1 Å². The van der Waals surface area contributed by atoms with Gasteiger partial charge < -0.3 is 4.74 Å². The maximum absolute atomic E-state index is 6.88. The Balaban J connectivity index is 1.37. The summed E-state index contributed by atoms with van der Waals surface area (Å²) in [4.78, 5) is 4.57. The lowest BCUT2D eigenvalue weighted by molar-refractivity contribution is 0.494. The van der Waals surface area contributed by atoms with Gasteiger partial charge >= 0.3 is 0 Å². The molecular formula is C37H27NOSi. The number of pyridine rings is 1. The fourth-order valence-corrected chi connectivity index (χ4v) is 9.78. The van der Waals surface area contributed by atoms with Crippen LogP contribution in [0, 0.1) is 0 Å². The van der Waals surface area contributed by atoms with E-state index >= 15 is 0 Å². The largest absolute Gasteiger partial charge is 0.456 e. The zero-order chi connectivity index (χ0) is 26.8. The average molecular weight is 530 g/mol. The molecule has 0 N–H and O–H groups in total. The molecule has 0 unspecified atom stereocenters. The fourth-order valence-electron chi connectivity index (χ4n) is 6.71. The lowest BCUT2D eigenvalue weighted by Crippen LogP contribution is -2.49. The minimum Gasteiger partial charge on any atom is -0.456 e. The zero-order valence-electron chi connectivity index (χ0n) is 22.5. The van der Waals surface area contributed by atoms with Crippen molar-refractivity contribution < 1.29 is 4.74 Å². The maximum Gasteiger partial charge on any atom is 0.143 e. The summed E-state index contributed by atoms with van der Waals surface area (Å²) in [5.41, 5.74) is 5.07. The summed E-state index contributed by atoms with van der Waals surface area (Å²) in [6.07, 6.45) is 3.85. The van der Waals surface area contributed by atoms with Gasteiger partial charge in [-0.05, 0) is 67.0 Å². The smallest absolute Gasteiger partial charge is 0.143 e. The first-order valence-electron chi connectivity index (χ1n) is 13.8. The van der Waals surface area contributed by atoms with Gasteiger partial charge in [0.15, 0.2) is 0 Å². The molecule has 0 aliphatic carbocycles. The second-order valence-electron chi connectivity index (χ2n) is 11.2. The number of aromatic nitrogens is 1. The first-order valence-corrected chi connectivity index (χ1v) is 16.8. The van der Waals surface area contributed by atoms with E-state index < -0.39 is 8.07 Å². The van der Waals surface area contributed by atoms with Gasteiger partial charge in [0, 0.05) is 28.6 Å². The van der Waals surface area contributed by atoms with E-state index in [0.29, 0.717) is 0 Å². The summed E-state index contributed by atoms with van der Waals surface area (Å²) in [5, 5.41) is 9.85. The van der Waals surface area contributed by atoms with Crippen molar-refractivity contribution in [3.63, 3.8) is 0 Å². The summed E-state index contributed by atoms with van der Waals surface area (Å²) in [6, 6.07) is 41.4. The zero-order valence-corrected chi connectivity index (χ0v) is 23.5. The van der Waals surface area contributed by atoms with Crippen LogP contribution in [0.5, 0.6) is 11.5 Å². The van der Waals surface area contributed by atoms with Crippen LogP contribution in [0.1, 0.15) is 0 Å². The van der Waals surface area contributed by atoms with E-state index in [2.05, 4.69) is 133 Å². The predicted molar refractivity (Wildman–Crippen MR) is 171 cm³/mol. The van der Waals surface area contributed by atoms with Crippen molar-refractivity contribution >= 4 is 50.8 Å². The van der Waals surface area contributed by atoms with Gasteiger partial charge in [0.25, 0.3) is 0 Å². The Morgan fingerprint density at radius 3 is 2.12 bits per heavy atom. The molecule has 7 aromatic rings. The van der Waals surface area contributed by atoms with Crippen LogP contribution < -0.4 is 15.1 Å². The maximum atomic E-state index is 6.88. The first-order chi connectivity index (χ1) is 19.6. The highest BCUT2D eigenvalue weighted by Gasteiger charge is 2.37. The van der Waals surface area contributed by atoms with Crippen molar-refractivity contribution in [1.82, 2.24) is 4.98 Å². The molecule has 1 aliphatic rings. The topological polar surface area (TPSA) is 22.1 Å². The highest BCUT2D eigenvalue weighted by Crippen LogP contribution is 2.46. The Hall–Kier alpha value is -4.73.